The lowest BCUT2D eigenvalue weighted by Crippen LogP contribution is -2.47. The Morgan fingerprint density at radius 2 is 1.83 bits per heavy atom. The molecule has 0 spiro atoms. The maximum atomic E-state index is 13.8. The third kappa shape index (κ3) is 3.60. The average Bonchev–Trinajstić information content (AvgIpc) is 3.17. The van der Waals surface area contributed by atoms with Gasteiger partial charge in [-0.25, -0.2) is 4.98 Å². The van der Waals surface area contributed by atoms with Gasteiger partial charge in [0.25, 0.3) is 5.91 Å². The first-order valence-electron chi connectivity index (χ1n) is 10.8. The van der Waals surface area contributed by atoms with Gasteiger partial charge in [-0.2, -0.15) is 0 Å². The summed E-state index contributed by atoms with van der Waals surface area (Å²) < 4.78 is 1.96. The van der Waals surface area contributed by atoms with Crippen LogP contribution in [0.2, 0.25) is 0 Å². The molecule has 1 aliphatic rings. The maximum absolute atomic E-state index is 13.8. The minimum absolute atomic E-state index is 0.00724. The lowest BCUT2D eigenvalue weighted by molar-refractivity contribution is 0.0666. The van der Waals surface area contributed by atoms with Gasteiger partial charge in [0.15, 0.2) is 5.65 Å². The van der Waals surface area contributed by atoms with Crippen LogP contribution in [0, 0.1) is 5.92 Å². The third-order valence-corrected chi connectivity index (χ3v) is 5.64. The zero-order valence-corrected chi connectivity index (χ0v) is 18.5. The second-order valence-electron chi connectivity index (χ2n) is 8.87. The van der Waals surface area contributed by atoms with Crippen molar-refractivity contribution in [2.45, 2.75) is 33.6 Å². The number of hydrogen-bond donors (Lipinski definition) is 1. The van der Waals surface area contributed by atoms with E-state index >= 15 is 0 Å². The van der Waals surface area contributed by atoms with Gasteiger partial charge in [-0.05, 0) is 25.1 Å². The summed E-state index contributed by atoms with van der Waals surface area (Å²) in [4.78, 5) is 22.6. The first kappa shape index (κ1) is 20.5. The number of likely N-dealkylation sites (N-methyl/N-ethyl adjacent to an activating group) is 1. The summed E-state index contributed by atoms with van der Waals surface area (Å²) in [7, 11) is 2.09. The average molecular weight is 410 g/mol. The largest absolute Gasteiger partial charge is 0.383 e. The van der Waals surface area contributed by atoms with Crippen molar-refractivity contribution < 1.29 is 4.79 Å². The Kier molecular flexibility index (Phi) is 5.60. The molecule has 1 saturated heterocycles. The molecule has 0 saturated carbocycles. The number of amides is 1. The van der Waals surface area contributed by atoms with Crippen molar-refractivity contribution in [3.05, 3.63) is 29.7 Å². The quantitative estimate of drug-likeness (QED) is 0.698. The highest BCUT2D eigenvalue weighted by molar-refractivity contribution is 6.12. The van der Waals surface area contributed by atoms with E-state index in [1.165, 1.54) is 0 Å². The Morgan fingerprint density at radius 3 is 2.50 bits per heavy atom. The number of anilines is 1. The summed E-state index contributed by atoms with van der Waals surface area (Å²) in [5.74, 6) is 1.42. The highest BCUT2D eigenvalue weighted by Gasteiger charge is 2.29. The van der Waals surface area contributed by atoms with E-state index in [-0.39, 0.29) is 11.8 Å². The van der Waals surface area contributed by atoms with Crippen molar-refractivity contribution in [1.82, 2.24) is 29.4 Å². The number of pyridine rings is 2. The molecule has 1 fully saturated rings. The van der Waals surface area contributed by atoms with Gasteiger partial charge in [0.1, 0.15) is 17.0 Å². The molecule has 0 radical (unpaired) electrons. The fourth-order valence-electron chi connectivity index (χ4n) is 3.92. The SMILES string of the molecule is CC(C)CNc1c(C(=O)N2CCN(C)CC2)c2nnc(C(C)C)n2c2ncccc12. The second kappa shape index (κ2) is 8.18. The van der Waals surface area contributed by atoms with E-state index in [0.717, 1.165) is 42.2 Å². The fourth-order valence-corrected chi connectivity index (χ4v) is 3.92. The number of nitrogens with zero attached hydrogens (tertiary/aromatic N) is 6. The van der Waals surface area contributed by atoms with Crippen LogP contribution >= 0.6 is 0 Å². The third-order valence-electron chi connectivity index (χ3n) is 5.64. The Bertz CT molecular complexity index is 1060. The molecule has 4 rings (SSSR count). The molecule has 1 N–H and O–H groups in total. The molecular weight excluding hydrogens is 378 g/mol. The van der Waals surface area contributed by atoms with Crippen molar-refractivity contribution in [2.75, 3.05) is 45.1 Å². The molecule has 0 bridgehead atoms. The van der Waals surface area contributed by atoms with Crippen molar-refractivity contribution in [3.8, 4) is 0 Å². The minimum atomic E-state index is 0.00724. The number of nitrogens with one attached hydrogen (secondary N) is 1. The molecule has 0 atom stereocenters. The number of piperazine rings is 1. The zero-order chi connectivity index (χ0) is 21.4. The maximum Gasteiger partial charge on any atom is 0.259 e. The highest BCUT2D eigenvalue weighted by atomic mass is 16.2. The number of carbonyl (C=O) groups is 1. The van der Waals surface area contributed by atoms with Gasteiger partial charge in [0.2, 0.25) is 0 Å². The Morgan fingerprint density at radius 1 is 1.10 bits per heavy atom. The minimum Gasteiger partial charge on any atom is -0.383 e. The molecule has 8 nitrogen and oxygen atoms in total. The van der Waals surface area contributed by atoms with Crippen LogP contribution in [0.15, 0.2) is 18.3 Å². The summed E-state index contributed by atoms with van der Waals surface area (Å²) in [6.45, 7) is 12.4. The van der Waals surface area contributed by atoms with Crippen LogP contribution < -0.4 is 5.32 Å². The molecule has 30 heavy (non-hydrogen) atoms. The Hall–Kier alpha value is -2.74. The molecule has 4 heterocycles. The van der Waals surface area contributed by atoms with E-state index in [4.69, 9.17) is 0 Å². The summed E-state index contributed by atoms with van der Waals surface area (Å²) in [6, 6.07) is 3.94. The van der Waals surface area contributed by atoms with Crippen LogP contribution in [0.1, 0.15) is 49.8 Å². The standard InChI is InChI=1S/C22H31N7O/c1-14(2)13-24-18-16-7-6-8-23-20(16)29-19(15(3)4)25-26-21(29)17(18)22(30)28-11-9-27(5)10-12-28/h6-8,14-15,24H,9-13H2,1-5H3. The van der Waals surface area contributed by atoms with Crippen LogP contribution in [0.4, 0.5) is 5.69 Å². The topological polar surface area (TPSA) is 78.7 Å². The van der Waals surface area contributed by atoms with Gasteiger partial charge in [-0.15, -0.1) is 10.2 Å². The van der Waals surface area contributed by atoms with Crippen LogP contribution in [-0.2, 0) is 0 Å². The van der Waals surface area contributed by atoms with Crippen molar-refractivity contribution in [1.29, 1.82) is 0 Å². The molecule has 8 heteroatoms. The summed E-state index contributed by atoms with van der Waals surface area (Å²) in [5, 5.41) is 13.4. The molecule has 1 aliphatic heterocycles. The van der Waals surface area contributed by atoms with E-state index in [0.29, 0.717) is 30.2 Å². The van der Waals surface area contributed by atoms with E-state index in [1.54, 1.807) is 6.20 Å². The monoisotopic (exact) mass is 409 g/mol. The van der Waals surface area contributed by atoms with Crippen molar-refractivity contribution in [2.24, 2.45) is 5.92 Å². The molecule has 3 aromatic rings. The smallest absolute Gasteiger partial charge is 0.259 e. The van der Waals surface area contributed by atoms with Crippen molar-refractivity contribution in [3.63, 3.8) is 0 Å². The van der Waals surface area contributed by atoms with Crippen LogP contribution in [0.5, 0.6) is 0 Å². The normalized spacial score (nSPS) is 15.6. The van der Waals surface area contributed by atoms with Crippen LogP contribution in [0.3, 0.4) is 0 Å². The molecule has 160 valence electrons. The zero-order valence-electron chi connectivity index (χ0n) is 18.5. The van der Waals surface area contributed by atoms with E-state index in [1.807, 2.05) is 21.4 Å². The number of carbonyl (C=O) groups excluding carboxylic acids is 1. The predicted octanol–water partition coefficient (Wildman–Crippen LogP) is 2.86. The Labute approximate surface area is 177 Å². The van der Waals surface area contributed by atoms with Gasteiger partial charge in [-0.3, -0.25) is 9.20 Å². The molecule has 0 aliphatic carbocycles. The predicted molar refractivity (Wildman–Crippen MR) is 119 cm³/mol. The Balaban J connectivity index is 1.97. The van der Waals surface area contributed by atoms with Gasteiger partial charge >= 0.3 is 0 Å². The molecular formula is C22H31N7O. The first-order chi connectivity index (χ1) is 14.4. The summed E-state index contributed by atoms with van der Waals surface area (Å²) in [5.41, 5.74) is 2.77. The number of hydrogen-bond acceptors (Lipinski definition) is 6. The summed E-state index contributed by atoms with van der Waals surface area (Å²) >= 11 is 0. The van der Waals surface area contributed by atoms with Crippen molar-refractivity contribution >= 4 is 28.3 Å². The molecule has 0 aromatic carbocycles. The number of fused-ring (bicyclic) bond motifs is 3. The van der Waals surface area contributed by atoms with Crippen LogP contribution in [-0.4, -0.2) is 75.1 Å². The lowest BCUT2D eigenvalue weighted by Gasteiger charge is -2.33. The molecule has 1 amide bonds. The summed E-state index contributed by atoms with van der Waals surface area (Å²) in [6.07, 6.45) is 1.78. The first-order valence-corrected chi connectivity index (χ1v) is 10.8. The van der Waals surface area contributed by atoms with E-state index < -0.39 is 0 Å². The fraction of sp³-hybridized carbons (Fsp3) is 0.545. The van der Waals surface area contributed by atoms with Gasteiger partial charge in [0.05, 0.1) is 5.69 Å². The van der Waals surface area contributed by atoms with Gasteiger partial charge in [0, 0.05) is 50.2 Å². The van der Waals surface area contributed by atoms with Crippen LogP contribution in [0.25, 0.3) is 16.7 Å². The van der Waals surface area contributed by atoms with Gasteiger partial charge < -0.3 is 15.1 Å². The van der Waals surface area contributed by atoms with E-state index in [2.05, 4.69) is 60.1 Å². The molecule has 3 aromatic heterocycles. The van der Waals surface area contributed by atoms with E-state index in [9.17, 15) is 4.79 Å². The van der Waals surface area contributed by atoms with Gasteiger partial charge in [-0.1, -0.05) is 27.7 Å². The highest BCUT2D eigenvalue weighted by Crippen LogP contribution is 2.33. The second-order valence-corrected chi connectivity index (χ2v) is 8.87. The molecule has 0 unspecified atom stereocenters. The lowest BCUT2D eigenvalue weighted by atomic mass is 10.1. The number of aromatic nitrogens is 4. The number of rotatable bonds is 5.